The number of hydrogen-bond acceptors (Lipinski definition) is 5. The molecule has 0 saturated heterocycles. The van der Waals surface area contributed by atoms with E-state index in [4.69, 9.17) is 0 Å². The number of aliphatic imine (C=N–C) groups is 1. The van der Waals surface area contributed by atoms with Gasteiger partial charge in [-0.05, 0) is 24.3 Å². The van der Waals surface area contributed by atoms with E-state index in [1.165, 1.54) is 21.6 Å². The standard InChI is InChI=1S/C23H17FN6O2/c1-29-17-10-5-3-8-15(17)19(14-7-2-4-9-16(14)24)27-20(22(29)32)28-21(31)18-13-26-23-25-11-6-12-30(18)23/h2-13,20H,1H3,(H,28,31). The predicted octanol–water partition coefficient (Wildman–Crippen LogP) is 2.44. The fraction of sp³-hybridized carbons (Fsp3) is 0.0870. The van der Waals surface area contributed by atoms with E-state index in [-0.39, 0.29) is 17.0 Å². The number of carbonyl (C=O) groups excluding carboxylic acids is 2. The first kappa shape index (κ1) is 19.6. The minimum atomic E-state index is -1.27. The summed E-state index contributed by atoms with van der Waals surface area (Å²) in [6.45, 7) is 0. The summed E-state index contributed by atoms with van der Waals surface area (Å²) in [6.07, 6.45) is 3.32. The van der Waals surface area contributed by atoms with Gasteiger partial charge in [-0.1, -0.05) is 30.3 Å². The van der Waals surface area contributed by atoms with Crippen LogP contribution in [0, 0.1) is 5.82 Å². The SMILES string of the molecule is CN1C(=O)C(NC(=O)c2cnc3ncccn23)N=C(c2ccccc2F)c2ccccc21. The summed E-state index contributed by atoms with van der Waals surface area (Å²) < 4.78 is 16.2. The summed E-state index contributed by atoms with van der Waals surface area (Å²) in [7, 11) is 1.60. The first-order chi connectivity index (χ1) is 15.5. The number of carbonyl (C=O) groups is 2. The fourth-order valence-corrected chi connectivity index (χ4v) is 3.68. The molecule has 0 saturated carbocycles. The lowest BCUT2D eigenvalue weighted by Crippen LogP contribution is -2.46. The number of benzodiazepines with no additional fused rings is 1. The Hall–Kier alpha value is -4.40. The van der Waals surface area contributed by atoms with Gasteiger partial charge in [-0.25, -0.2) is 19.4 Å². The molecular formula is C23H17FN6O2. The monoisotopic (exact) mass is 428 g/mol. The van der Waals surface area contributed by atoms with E-state index < -0.39 is 23.8 Å². The Morgan fingerprint density at radius 1 is 1.03 bits per heavy atom. The van der Waals surface area contributed by atoms with Crippen molar-refractivity contribution in [2.45, 2.75) is 6.17 Å². The molecule has 158 valence electrons. The second kappa shape index (κ2) is 7.69. The van der Waals surface area contributed by atoms with E-state index in [9.17, 15) is 14.0 Å². The minimum absolute atomic E-state index is 0.202. The first-order valence-corrected chi connectivity index (χ1v) is 9.83. The number of amides is 2. The van der Waals surface area contributed by atoms with Crippen molar-refractivity contribution in [1.29, 1.82) is 0 Å². The van der Waals surface area contributed by atoms with Crippen LogP contribution < -0.4 is 10.2 Å². The van der Waals surface area contributed by atoms with E-state index in [1.54, 1.807) is 68.0 Å². The summed E-state index contributed by atoms with van der Waals surface area (Å²) >= 11 is 0. The molecule has 8 nitrogen and oxygen atoms in total. The molecule has 5 rings (SSSR count). The minimum Gasteiger partial charge on any atom is -0.321 e. The lowest BCUT2D eigenvalue weighted by molar-refractivity contribution is -0.119. The van der Waals surface area contributed by atoms with E-state index in [2.05, 4.69) is 20.3 Å². The third kappa shape index (κ3) is 3.20. The topological polar surface area (TPSA) is 92.0 Å². The van der Waals surface area contributed by atoms with Crippen molar-refractivity contribution in [3.8, 4) is 0 Å². The number of rotatable bonds is 3. The number of halogens is 1. The molecule has 0 spiro atoms. The maximum atomic E-state index is 14.7. The molecule has 0 radical (unpaired) electrons. The van der Waals surface area contributed by atoms with Crippen LogP contribution in [0.3, 0.4) is 0 Å². The zero-order chi connectivity index (χ0) is 22.2. The van der Waals surface area contributed by atoms with Crippen LogP contribution in [0.1, 0.15) is 21.6 Å². The van der Waals surface area contributed by atoms with Crippen molar-refractivity contribution in [2.75, 3.05) is 11.9 Å². The summed E-state index contributed by atoms with van der Waals surface area (Å²) in [5.41, 5.74) is 1.87. The van der Waals surface area contributed by atoms with E-state index in [0.717, 1.165) is 0 Å². The van der Waals surface area contributed by atoms with E-state index in [1.807, 2.05) is 0 Å². The van der Waals surface area contributed by atoms with Crippen molar-refractivity contribution in [3.63, 3.8) is 0 Å². The molecule has 0 fully saturated rings. The Labute approximate surface area is 182 Å². The Morgan fingerprint density at radius 2 is 1.78 bits per heavy atom. The van der Waals surface area contributed by atoms with Gasteiger partial charge in [-0.3, -0.25) is 14.0 Å². The highest BCUT2D eigenvalue weighted by molar-refractivity contribution is 6.20. The van der Waals surface area contributed by atoms with Crippen molar-refractivity contribution in [3.05, 3.63) is 95.8 Å². The molecule has 1 aliphatic heterocycles. The summed E-state index contributed by atoms with van der Waals surface area (Å²) in [5.74, 6) is -1.13. The zero-order valence-electron chi connectivity index (χ0n) is 16.9. The van der Waals surface area contributed by atoms with Crippen LogP contribution in [-0.2, 0) is 4.79 Å². The number of imidazole rings is 1. The van der Waals surface area contributed by atoms with Gasteiger partial charge in [-0.2, -0.15) is 0 Å². The number of anilines is 1. The zero-order valence-corrected chi connectivity index (χ0v) is 16.9. The van der Waals surface area contributed by atoms with Gasteiger partial charge in [0.25, 0.3) is 11.8 Å². The number of fused-ring (bicyclic) bond motifs is 2. The van der Waals surface area contributed by atoms with Gasteiger partial charge in [-0.15, -0.1) is 0 Å². The lowest BCUT2D eigenvalue weighted by Gasteiger charge is -2.20. The molecule has 3 heterocycles. The van der Waals surface area contributed by atoms with Crippen LogP contribution in [-0.4, -0.2) is 45.1 Å². The van der Waals surface area contributed by atoms with Crippen LogP contribution in [0.4, 0.5) is 10.1 Å². The molecule has 2 amide bonds. The number of nitrogens with zero attached hydrogens (tertiary/aromatic N) is 5. The quantitative estimate of drug-likeness (QED) is 0.543. The van der Waals surface area contributed by atoms with E-state index >= 15 is 0 Å². The highest BCUT2D eigenvalue weighted by Crippen LogP contribution is 2.28. The molecule has 0 bridgehead atoms. The largest absolute Gasteiger partial charge is 0.321 e. The third-order valence-electron chi connectivity index (χ3n) is 5.26. The molecule has 0 aliphatic carbocycles. The number of hydrogen-bond donors (Lipinski definition) is 1. The lowest BCUT2D eigenvalue weighted by atomic mass is 10.00. The average Bonchev–Trinajstić information content (AvgIpc) is 3.22. The first-order valence-electron chi connectivity index (χ1n) is 9.83. The van der Waals surface area contributed by atoms with Crippen molar-refractivity contribution in [2.24, 2.45) is 4.99 Å². The second-order valence-electron chi connectivity index (χ2n) is 7.18. The van der Waals surface area contributed by atoms with Gasteiger partial charge < -0.3 is 10.2 Å². The van der Waals surface area contributed by atoms with Gasteiger partial charge in [0.1, 0.15) is 11.5 Å². The van der Waals surface area contributed by atoms with Gasteiger partial charge in [0, 0.05) is 30.6 Å². The Balaban J connectivity index is 1.60. The number of para-hydroxylation sites is 1. The molecule has 1 atom stereocenters. The molecule has 32 heavy (non-hydrogen) atoms. The maximum absolute atomic E-state index is 14.7. The third-order valence-corrected chi connectivity index (χ3v) is 5.26. The molecule has 1 N–H and O–H groups in total. The molecule has 4 aromatic rings. The Morgan fingerprint density at radius 3 is 2.59 bits per heavy atom. The number of aromatic nitrogens is 3. The second-order valence-corrected chi connectivity index (χ2v) is 7.18. The van der Waals surface area contributed by atoms with E-state index in [0.29, 0.717) is 17.0 Å². The van der Waals surface area contributed by atoms with Crippen molar-refractivity contribution in [1.82, 2.24) is 19.7 Å². The molecular weight excluding hydrogens is 411 g/mol. The molecule has 1 unspecified atom stereocenters. The normalized spacial score (nSPS) is 15.8. The Bertz CT molecular complexity index is 1400. The number of likely N-dealkylation sites (N-methyl/N-ethyl adjacent to an activating group) is 1. The van der Waals surface area contributed by atoms with Crippen LogP contribution in [0.2, 0.25) is 0 Å². The maximum Gasteiger partial charge on any atom is 0.272 e. The molecule has 2 aromatic heterocycles. The Kier molecular flexibility index (Phi) is 4.70. The molecule has 1 aliphatic rings. The van der Waals surface area contributed by atoms with Gasteiger partial charge in [0.15, 0.2) is 0 Å². The van der Waals surface area contributed by atoms with Gasteiger partial charge in [0.2, 0.25) is 11.9 Å². The molecule has 2 aromatic carbocycles. The highest BCUT2D eigenvalue weighted by atomic mass is 19.1. The van der Waals surface area contributed by atoms with Crippen molar-refractivity contribution >= 4 is 29.0 Å². The van der Waals surface area contributed by atoms with Gasteiger partial charge in [0.05, 0.1) is 17.6 Å². The fourth-order valence-electron chi connectivity index (χ4n) is 3.68. The average molecular weight is 428 g/mol. The van der Waals surface area contributed by atoms with Crippen LogP contribution in [0.15, 0.2) is 78.2 Å². The predicted molar refractivity (Wildman–Crippen MR) is 116 cm³/mol. The van der Waals surface area contributed by atoms with Gasteiger partial charge >= 0.3 is 0 Å². The summed E-state index contributed by atoms with van der Waals surface area (Å²) in [4.78, 5) is 40.4. The van der Waals surface area contributed by atoms with Crippen LogP contribution in [0.5, 0.6) is 0 Å². The summed E-state index contributed by atoms with van der Waals surface area (Å²) in [5, 5.41) is 2.66. The number of nitrogens with one attached hydrogen (secondary N) is 1. The smallest absolute Gasteiger partial charge is 0.272 e. The number of benzene rings is 2. The highest BCUT2D eigenvalue weighted by Gasteiger charge is 2.32. The molecule has 9 heteroatoms. The van der Waals surface area contributed by atoms with Crippen molar-refractivity contribution < 1.29 is 14.0 Å². The van der Waals surface area contributed by atoms with Crippen LogP contribution >= 0.6 is 0 Å². The van der Waals surface area contributed by atoms with Crippen LogP contribution in [0.25, 0.3) is 5.78 Å². The summed E-state index contributed by atoms with van der Waals surface area (Å²) in [6, 6.07) is 15.0.